The van der Waals surface area contributed by atoms with Gasteiger partial charge >= 0.3 is 5.97 Å². The summed E-state index contributed by atoms with van der Waals surface area (Å²) in [7, 11) is 4.30. The molecule has 0 aliphatic carbocycles. The van der Waals surface area contributed by atoms with Crippen LogP contribution in [0.4, 0.5) is 4.39 Å². The van der Waals surface area contributed by atoms with Crippen LogP contribution >= 0.6 is 0 Å². The minimum absolute atomic E-state index is 0.205. The Labute approximate surface area is 174 Å². The SMILES string of the molecule is COC(=O)c1cncc(OCC2CN(Cc3cc(OC)c(OC)cc3F)CCO2)c1. The molecule has 1 aromatic carbocycles. The lowest BCUT2D eigenvalue weighted by Gasteiger charge is -2.33. The van der Waals surface area contributed by atoms with Crippen LogP contribution in [0.15, 0.2) is 30.6 Å². The highest BCUT2D eigenvalue weighted by atomic mass is 19.1. The molecule has 0 saturated carbocycles. The highest BCUT2D eigenvalue weighted by Gasteiger charge is 2.23. The van der Waals surface area contributed by atoms with E-state index >= 15 is 0 Å². The van der Waals surface area contributed by atoms with E-state index in [1.165, 1.54) is 39.8 Å². The molecule has 0 bridgehead atoms. The van der Waals surface area contributed by atoms with Crippen molar-refractivity contribution in [2.24, 2.45) is 0 Å². The predicted octanol–water partition coefficient (Wildman–Crippen LogP) is 2.30. The maximum atomic E-state index is 14.4. The number of ether oxygens (including phenoxy) is 5. The van der Waals surface area contributed by atoms with Crippen molar-refractivity contribution in [1.82, 2.24) is 9.88 Å². The minimum Gasteiger partial charge on any atom is -0.493 e. The molecule has 30 heavy (non-hydrogen) atoms. The van der Waals surface area contributed by atoms with Gasteiger partial charge in [0, 0.05) is 37.5 Å². The predicted molar refractivity (Wildman–Crippen MR) is 106 cm³/mol. The number of hydrogen-bond donors (Lipinski definition) is 0. The highest BCUT2D eigenvalue weighted by Crippen LogP contribution is 2.30. The maximum Gasteiger partial charge on any atom is 0.339 e. The number of carbonyl (C=O) groups is 1. The smallest absolute Gasteiger partial charge is 0.339 e. The molecule has 1 aliphatic heterocycles. The van der Waals surface area contributed by atoms with E-state index < -0.39 is 5.97 Å². The van der Waals surface area contributed by atoms with Crippen LogP contribution in [-0.4, -0.2) is 69.6 Å². The van der Waals surface area contributed by atoms with Gasteiger partial charge in [-0.2, -0.15) is 0 Å². The number of pyridine rings is 1. The largest absolute Gasteiger partial charge is 0.493 e. The lowest BCUT2D eigenvalue weighted by molar-refractivity contribution is -0.0507. The number of benzene rings is 1. The fourth-order valence-corrected chi connectivity index (χ4v) is 3.20. The van der Waals surface area contributed by atoms with Gasteiger partial charge in [0.1, 0.15) is 24.3 Å². The van der Waals surface area contributed by atoms with Gasteiger partial charge in [-0.3, -0.25) is 9.88 Å². The van der Waals surface area contributed by atoms with E-state index in [1.807, 2.05) is 0 Å². The number of aromatic nitrogens is 1. The Hall–Kier alpha value is -2.91. The van der Waals surface area contributed by atoms with Crippen molar-refractivity contribution in [1.29, 1.82) is 0 Å². The second-order valence-corrected chi connectivity index (χ2v) is 6.74. The Morgan fingerprint density at radius 2 is 1.97 bits per heavy atom. The van der Waals surface area contributed by atoms with E-state index in [-0.39, 0.29) is 18.5 Å². The number of nitrogens with zero attached hydrogens (tertiary/aromatic N) is 2. The molecule has 0 N–H and O–H groups in total. The molecule has 8 nitrogen and oxygen atoms in total. The second-order valence-electron chi connectivity index (χ2n) is 6.74. The quantitative estimate of drug-likeness (QED) is 0.602. The van der Waals surface area contributed by atoms with E-state index in [4.69, 9.17) is 18.9 Å². The molecule has 2 aromatic rings. The summed E-state index contributed by atoms with van der Waals surface area (Å²) in [5.74, 6) is 0.460. The molecule has 3 rings (SSSR count). The molecule has 0 radical (unpaired) electrons. The summed E-state index contributed by atoms with van der Waals surface area (Å²) >= 11 is 0. The monoisotopic (exact) mass is 420 g/mol. The summed E-state index contributed by atoms with van der Waals surface area (Å²) < 4.78 is 41.0. The maximum absolute atomic E-state index is 14.4. The summed E-state index contributed by atoms with van der Waals surface area (Å²) in [6.07, 6.45) is 2.73. The van der Waals surface area contributed by atoms with Crippen LogP contribution in [0.3, 0.4) is 0 Å². The summed E-state index contributed by atoms with van der Waals surface area (Å²) in [6, 6.07) is 4.55. The highest BCUT2D eigenvalue weighted by molar-refractivity contribution is 5.89. The van der Waals surface area contributed by atoms with Gasteiger partial charge in [0.25, 0.3) is 0 Å². The van der Waals surface area contributed by atoms with Crippen LogP contribution in [0.1, 0.15) is 15.9 Å². The fraction of sp³-hybridized carbons (Fsp3) is 0.429. The molecule has 0 spiro atoms. The van der Waals surface area contributed by atoms with Crippen molar-refractivity contribution in [3.05, 3.63) is 47.5 Å². The van der Waals surface area contributed by atoms with Crippen LogP contribution in [-0.2, 0) is 16.0 Å². The topological polar surface area (TPSA) is 79.4 Å². The average molecular weight is 420 g/mol. The Morgan fingerprint density at radius 1 is 1.20 bits per heavy atom. The molecule has 0 amide bonds. The van der Waals surface area contributed by atoms with Crippen LogP contribution in [0.25, 0.3) is 0 Å². The summed E-state index contributed by atoms with van der Waals surface area (Å²) in [4.78, 5) is 17.7. The first kappa shape index (κ1) is 21.8. The van der Waals surface area contributed by atoms with Gasteiger partial charge in [0.05, 0.1) is 39.7 Å². The Bertz CT molecular complexity index is 879. The third-order valence-electron chi connectivity index (χ3n) is 4.74. The van der Waals surface area contributed by atoms with Gasteiger partial charge in [0.2, 0.25) is 0 Å². The number of rotatable bonds is 8. The number of methoxy groups -OCH3 is 3. The molecule has 1 aromatic heterocycles. The lowest BCUT2D eigenvalue weighted by Crippen LogP contribution is -2.44. The molecule has 1 unspecified atom stereocenters. The van der Waals surface area contributed by atoms with Crippen LogP contribution in [0, 0.1) is 5.82 Å². The van der Waals surface area contributed by atoms with Gasteiger partial charge in [0.15, 0.2) is 11.5 Å². The first-order valence-corrected chi connectivity index (χ1v) is 9.44. The zero-order valence-electron chi connectivity index (χ0n) is 17.2. The Kier molecular flexibility index (Phi) is 7.42. The summed E-state index contributed by atoms with van der Waals surface area (Å²) in [5.41, 5.74) is 0.828. The fourth-order valence-electron chi connectivity index (χ4n) is 3.20. The number of carbonyl (C=O) groups excluding carboxylic acids is 1. The van der Waals surface area contributed by atoms with Crippen LogP contribution in [0.2, 0.25) is 0 Å². The normalized spacial score (nSPS) is 16.7. The molecular formula is C21H25FN2O6. The van der Waals surface area contributed by atoms with Gasteiger partial charge in [-0.25, -0.2) is 9.18 Å². The minimum atomic E-state index is -0.481. The molecule has 2 heterocycles. The molecule has 1 fully saturated rings. The second kappa shape index (κ2) is 10.2. The standard InChI is InChI=1S/C21H25FN2O6/c1-26-19-7-15(18(22)8-20(19)27-2)11-24-4-5-29-17(12-24)13-30-16-6-14(9-23-10-16)21(25)28-3/h6-10,17H,4-5,11-13H2,1-3H3. The summed E-state index contributed by atoms with van der Waals surface area (Å²) in [6.45, 7) is 2.42. The molecule has 1 aliphatic rings. The van der Waals surface area contributed by atoms with Crippen molar-refractivity contribution in [3.8, 4) is 17.2 Å². The molecule has 162 valence electrons. The number of esters is 1. The van der Waals surface area contributed by atoms with Gasteiger partial charge in [-0.1, -0.05) is 0 Å². The van der Waals surface area contributed by atoms with Gasteiger partial charge in [-0.15, -0.1) is 0 Å². The third kappa shape index (κ3) is 5.37. The zero-order valence-corrected chi connectivity index (χ0v) is 17.2. The van der Waals surface area contributed by atoms with Crippen molar-refractivity contribution >= 4 is 5.97 Å². The first-order chi connectivity index (χ1) is 14.5. The lowest BCUT2D eigenvalue weighted by atomic mass is 10.1. The van der Waals surface area contributed by atoms with Crippen molar-refractivity contribution < 1.29 is 32.9 Å². The van der Waals surface area contributed by atoms with Gasteiger partial charge < -0.3 is 23.7 Å². The molecule has 9 heteroatoms. The molecule has 1 saturated heterocycles. The van der Waals surface area contributed by atoms with Crippen molar-refractivity contribution in [3.63, 3.8) is 0 Å². The number of halogens is 1. The van der Waals surface area contributed by atoms with Crippen molar-refractivity contribution in [2.75, 3.05) is 47.6 Å². The van der Waals surface area contributed by atoms with E-state index in [0.717, 1.165) is 0 Å². The van der Waals surface area contributed by atoms with E-state index in [0.29, 0.717) is 54.6 Å². The average Bonchev–Trinajstić information content (AvgIpc) is 2.78. The first-order valence-electron chi connectivity index (χ1n) is 9.44. The van der Waals surface area contributed by atoms with E-state index in [2.05, 4.69) is 14.6 Å². The molecule has 1 atom stereocenters. The van der Waals surface area contributed by atoms with Crippen LogP contribution < -0.4 is 14.2 Å². The Morgan fingerprint density at radius 3 is 2.70 bits per heavy atom. The summed E-state index contributed by atoms with van der Waals surface area (Å²) in [5, 5.41) is 0. The third-order valence-corrected chi connectivity index (χ3v) is 4.74. The van der Waals surface area contributed by atoms with Gasteiger partial charge in [-0.05, 0) is 12.1 Å². The number of morpholine rings is 1. The number of hydrogen-bond acceptors (Lipinski definition) is 8. The van der Waals surface area contributed by atoms with E-state index in [9.17, 15) is 9.18 Å². The van der Waals surface area contributed by atoms with Crippen molar-refractivity contribution in [2.45, 2.75) is 12.6 Å². The molecular weight excluding hydrogens is 395 g/mol. The van der Waals surface area contributed by atoms with Crippen LogP contribution in [0.5, 0.6) is 17.2 Å². The zero-order chi connectivity index (χ0) is 21.5. The van der Waals surface area contributed by atoms with E-state index in [1.54, 1.807) is 12.1 Å². The Balaban J connectivity index is 1.59.